The number of hydrogen-bond donors (Lipinski definition) is 2. The highest BCUT2D eigenvalue weighted by Gasteiger charge is 2.13. The summed E-state index contributed by atoms with van der Waals surface area (Å²) in [6.45, 7) is 1.56. The Morgan fingerprint density at radius 3 is 2.61 bits per heavy atom. The van der Waals surface area contributed by atoms with E-state index in [-0.39, 0.29) is 18.4 Å². The fraction of sp³-hybridized carbons (Fsp3) is 0.278. The molecule has 3 rings (SSSR count). The van der Waals surface area contributed by atoms with Gasteiger partial charge in [-0.2, -0.15) is 0 Å². The first-order valence-corrected chi connectivity index (χ1v) is 7.68. The third-order valence-corrected chi connectivity index (χ3v) is 3.73. The van der Waals surface area contributed by atoms with E-state index in [2.05, 4.69) is 5.32 Å². The smallest absolute Gasteiger partial charge is 0.222 e. The molecule has 0 bridgehead atoms. The summed E-state index contributed by atoms with van der Waals surface area (Å²) in [6.07, 6.45) is 0.258. The summed E-state index contributed by atoms with van der Waals surface area (Å²) in [6, 6.07) is 15.0. The molecule has 3 N–H and O–H groups in total. The fourth-order valence-corrected chi connectivity index (χ4v) is 2.49. The van der Waals surface area contributed by atoms with E-state index >= 15 is 0 Å². The van der Waals surface area contributed by atoms with Crippen LogP contribution < -0.4 is 20.5 Å². The predicted octanol–water partition coefficient (Wildman–Crippen LogP) is 2.16. The van der Waals surface area contributed by atoms with Crippen LogP contribution >= 0.6 is 0 Å². The second kappa shape index (κ2) is 7.15. The Balaban J connectivity index is 1.53. The number of carbonyl (C=O) groups is 1. The summed E-state index contributed by atoms with van der Waals surface area (Å²) in [5.74, 6) is 1.40. The summed E-state index contributed by atoms with van der Waals surface area (Å²) in [7, 11) is 0. The molecule has 0 spiro atoms. The van der Waals surface area contributed by atoms with Crippen molar-refractivity contribution in [2.24, 2.45) is 5.73 Å². The van der Waals surface area contributed by atoms with Gasteiger partial charge in [0.1, 0.15) is 13.2 Å². The maximum atomic E-state index is 12.0. The van der Waals surface area contributed by atoms with Crippen LogP contribution in [-0.4, -0.2) is 19.1 Å². The van der Waals surface area contributed by atoms with Gasteiger partial charge in [-0.1, -0.05) is 36.4 Å². The van der Waals surface area contributed by atoms with Crippen molar-refractivity contribution in [2.75, 3.05) is 13.2 Å². The molecule has 1 atom stereocenters. The number of hydrogen-bond acceptors (Lipinski definition) is 4. The van der Waals surface area contributed by atoms with E-state index < -0.39 is 0 Å². The lowest BCUT2D eigenvalue weighted by atomic mass is 10.0. The Kier molecular flexibility index (Phi) is 4.78. The molecule has 1 unspecified atom stereocenters. The number of nitrogens with one attached hydrogen (secondary N) is 1. The average Bonchev–Trinajstić information content (AvgIpc) is 2.60. The van der Waals surface area contributed by atoms with Gasteiger partial charge in [0.2, 0.25) is 5.91 Å². The molecule has 0 saturated heterocycles. The molecule has 2 aromatic rings. The highest BCUT2D eigenvalue weighted by molar-refractivity contribution is 5.76. The maximum Gasteiger partial charge on any atom is 0.222 e. The molecule has 1 heterocycles. The van der Waals surface area contributed by atoms with E-state index in [1.165, 1.54) is 0 Å². The van der Waals surface area contributed by atoms with E-state index in [1.807, 2.05) is 48.5 Å². The number of benzene rings is 2. The molecule has 2 aromatic carbocycles. The van der Waals surface area contributed by atoms with Crippen LogP contribution in [0.1, 0.15) is 23.6 Å². The Morgan fingerprint density at radius 1 is 1.09 bits per heavy atom. The van der Waals surface area contributed by atoms with Crippen molar-refractivity contribution in [1.29, 1.82) is 0 Å². The van der Waals surface area contributed by atoms with Gasteiger partial charge in [-0.15, -0.1) is 0 Å². The third-order valence-electron chi connectivity index (χ3n) is 3.73. The molecule has 23 heavy (non-hydrogen) atoms. The molecule has 0 aliphatic carbocycles. The van der Waals surface area contributed by atoms with Gasteiger partial charge in [0.25, 0.3) is 0 Å². The van der Waals surface area contributed by atoms with E-state index in [4.69, 9.17) is 15.2 Å². The first-order chi connectivity index (χ1) is 11.2. The molecule has 0 fully saturated rings. The van der Waals surface area contributed by atoms with Crippen LogP contribution in [0.4, 0.5) is 0 Å². The van der Waals surface area contributed by atoms with Gasteiger partial charge in [-0.25, -0.2) is 0 Å². The number of nitrogens with two attached hydrogens (primary N) is 1. The minimum Gasteiger partial charge on any atom is -0.486 e. The van der Waals surface area contributed by atoms with Crippen LogP contribution in [0, 0.1) is 0 Å². The van der Waals surface area contributed by atoms with Crippen molar-refractivity contribution in [2.45, 2.75) is 19.0 Å². The van der Waals surface area contributed by atoms with Crippen LogP contribution in [0.5, 0.6) is 11.5 Å². The van der Waals surface area contributed by atoms with Crippen LogP contribution in [0.15, 0.2) is 48.5 Å². The zero-order chi connectivity index (χ0) is 16.1. The standard InChI is InChI=1S/C18H20N2O3/c19-15(14-4-2-1-3-5-14)11-18(21)20-12-13-6-7-16-17(10-13)23-9-8-22-16/h1-7,10,15H,8-9,11-12,19H2,(H,20,21). The van der Waals surface area contributed by atoms with Gasteiger partial charge >= 0.3 is 0 Å². The first-order valence-electron chi connectivity index (χ1n) is 7.68. The van der Waals surface area contributed by atoms with E-state index in [0.29, 0.717) is 19.8 Å². The Hall–Kier alpha value is -2.53. The Morgan fingerprint density at radius 2 is 1.83 bits per heavy atom. The van der Waals surface area contributed by atoms with Crippen molar-refractivity contribution in [3.05, 3.63) is 59.7 Å². The van der Waals surface area contributed by atoms with Gasteiger partial charge in [-0.05, 0) is 23.3 Å². The molecule has 1 aliphatic rings. The van der Waals surface area contributed by atoms with Crippen molar-refractivity contribution in [3.8, 4) is 11.5 Å². The number of amides is 1. The van der Waals surface area contributed by atoms with Crippen molar-refractivity contribution < 1.29 is 14.3 Å². The second-order valence-corrected chi connectivity index (χ2v) is 5.48. The molecule has 0 aromatic heterocycles. The zero-order valence-electron chi connectivity index (χ0n) is 12.8. The van der Waals surface area contributed by atoms with Gasteiger partial charge in [-0.3, -0.25) is 4.79 Å². The van der Waals surface area contributed by atoms with Crippen LogP contribution in [-0.2, 0) is 11.3 Å². The zero-order valence-corrected chi connectivity index (χ0v) is 12.8. The van der Waals surface area contributed by atoms with Crippen LogP contribution in [0.2, 0.25) is 0 Å². The van der Waals surface area contributed by atoms with Crippen LogP contribution in [0.25, 0.3) is 0 Å². The highest BCUT2D eigenvalue weighted by atomic mass is 16.6. The largest absolute Gasteiger partial charge is 0.486 e. The lowest BCUT2D eigenvalue weighted by Gasteiger charge is -2.19. The Bertz CT molecular complexity index is 673. The molecular formula is C18H20N2O3. The summed E-state index contributed by atoms with van der Waals surface area (Å²) >= 11 is 0. The summed E-state index contributed by atoms with van der Waals surface area (Å²) in [5.41, 5.74) is 7.99. The van der Waals surface area contributed by atoms with Crippen molar-refractivity contribution >= 4 is 5.91 Å². The van der Waals surface area contributed by atoms with Gasteiger partial charge in [0.15, 0.2) is 11.5 Å². The molecule has 1 aliphatic heterocycles. The molecule has 1 amide bonds. The number of ether oxygens (including phenoxy) is 2. The van der Waals surface area contributed by atoms with E-state index in [1.54, 1.807) is 0 Å². The van der Waals surface area contributed by atoms with Crippen molar-refractivity contribution in [1.82, 2.24) is 5.32 Å². The van der Waals surface area contributed by atoms with Crippen LogP contribution in [0.3, 0.4) is 0 Å². The first kappa shape index (κ1) is 15.4. The number of carbonyl (C=O) groups excluding carboxylic acids is 1. The molecule has 5 heteroatoms. The molecule has 0 saturated carbocycles. The SMILES string of the molecule is NC(CC(=O)NCc1ccc2c(c1)OCCO2)c1ccccc1. The predicted molar refractivity (Wildman–Crippen MR) is 87.3 cm³/mol. The lowest BCUT2D eigenvalue weighted by molar-refractivity contribution is -0.121. The molecular weight excluding hydrogens is 292 g/mol. The van der Waals surface area contributed by atoms with Gasteiger partial charge in [0, 0.05) is 19.0 Å². The van der Waals surface area contributed by atoms with E-state index in [0.717, 1.165) is 22.6 Å². The summed E-state index contributed by atoms with van der Waals surface area (Å²) < 4.78 is 11.0. The quantitative estimate of drug-likeness (QED) is 0.887. The minimum absolute atomic E-state index is 0.0729. The van der Waals surface area contributed by atoms with Crippen molar-refractivity contribution in [3.63, 3.8) is 0 Å². The topological polar surface area (TPSA) is 73.6 Å². The van der Waals surface area contributed by atoms with E-state index in [9.17, 15) is 4.79 Å². The second-order valence-electron chi connectivity index (χ2n) is 5.48. The lowest BCUT2D eigenvalue weighted by Crippen LogP contribution is -2.27. The average molecular weight is 312 g/mol. The summed E-state index contributed by atoms with van der Waals surface area (Å²) in [5, 5.41) is 2.89. The third kappa shape index (κ3) is 4.02. The normalized spacial score (nSPS) is 14.1. The number of rotatable bonds is 5. The van der Waals surface area contributed by atoms with Gasteiger partial charge < -0.3 is 20.5 Å². The molecule has 0 radical (unpaired) electrons. The minimum atomic E-state index is -0.295. The Labute approximate surface area is 135 Å². The number of fused-ring (bicyclic) bond motifs is 1. The fourth-order valence-electron chi connectivity index (χ4n) is 2.49. The molecule has 120 valence electrons. The summed E-state index contributed by atoms with van der Waals surface area (Å²) in [4.78, 5) is 12.0. The molecule has 5 nitrogen and oxygen atoms in total. The maximum absolute atomic E-state index is 12.0. The highest BCUT2D eigenvalue weighted by Crippen LogP contribution is 2.30. The monoisotopic (exact) mass is 312 g/mol. The van der Waals surface area contributed by atoms with Gasteiger partial charge in [0.05, 0.1) is 0 Å².